The van der Waals surface area contributed by atoms with Gasteiger partial charge < -0.3 is 10.6 Å². The highest BCUT2D eigenvalue weighted by atomic mass is 32.1. The lowest BCUT2D eigenvalue weighted by molar-refractivity contribution is -0.122. The third kappa shape index (κ3) is 3.13. The van der Waals surface area contributed by atoms with Crippen LogP contribution < -0.4 is 10.6 Å². The van der Waals surface area contributed by atoms with E-state index >= 15 is 0 Å². The van der Waals surface area contributed by atoms with Gasteiger partial charge in [0.15, 0.2) is 0 Å². The summed E-state index contributed by atoms with van der Waals surface area (Å²) in [5.41, 5.74) is 1.28. The Morgan fingerprint density at radius 2 is 1.71 bits per heavy atom. The number of rotatable bonds is 4. The summed E-state index contributed by atoms with van der Waals surface area (Å²) >= 11 is 1.39. The van der Waals surface area contributed by atoms with E-state index in [1.165, 1.54) is 11.3 Å². The summed E-state index contributed by atoms with van der Waals surface area (Å²) in [4.78, 5) is 24.8. The molecule has 1 aromatic carbocycles. The lowest BCUT2D eigenvalue weighted by atomic mass is 9.85. The summed E-state index contributed by atoms with van der Waals surface area (Å²) in [5.74, 6) is 0.000435. The van der Waals surface area contributed by atoms with Gasteiger partial charge in [-0.3, -0.25) is 9.59 Å². The average Bonchev–Trinajstić information content (AvgIpc) is 2.93. The molecule has 2 amide bonds. The molecule has 0 unspecified atom stereocenters. The van der Waals surface area contributed by atoms with Crippen LogP contribution in [0.4, 0.5) is 11.4 Å². The molecule has 108 valence electrons. The summed E-state index contributed by atoms with van der Waals surface area (Å²) in [6.45, 7) is 0. The minimum Gasteiger partial charge on any atom is -0.324 e. The normalized spacial score (nSPS) is 14.3. The van der Waals surface area contributed by atoms with Crippen molar-refractivity contribution in [2.75, 3.05) is 10.6 Å². The average molecular weight is 300 g/mol. The van der Waals surface area contributed by atoms with Crippen LogP contribution in [0.5, 0.6) is 0 Å². The second-order valence-corrected chi connectivity index (χ2v) is 6.04. The summed E-state index contributed by atoms with van der Waals surface area (Å²) in [6, 6.07) is 10.9. The Hall–Kier alpha value is -2.14. The molecule has 1 aromatic heterocycles. The van der Waals surface area contributed by atoms with Gasteiger partial charge in [0.25, 0.3) is 5.91 Å². The van der Waals surface area contributed by atoms with E-state index in [4.69, 9.17) is 0 Å². The molecular formula is C16H16N2O2S. The maximum Gasteiger partial charge on any atom is 0.265 e. The van der Waals surface area contributed by atoms with Crippen molar-refractivity contribution >= 4 is 34.5 Å². The second kappa shape index (κ2) is 6.10. The van der Waals surface area contributed by atoms with Crippen molar-refractivity contribution in [1.29, 1.82) is 0 Å². The monoisotopic (exact) mass is 300 g/mol. The number of carbonyl (C=O) groups is 2. The first-order valence-electron chi connectivity index (χ1n) is 6.99. The van der Waals surface area contributed by atoms with Crippen molar-refractivity contribution in [1.82, 2.24) is 0 Å². The zero-order valence-electron chi connectivity index (χ0n) is 11.5. The molecule has 1 aliphatic carbocycles. The van der Waals surface area contributed by atoms with E-state index < -0.39 is 0 Å². The van der Waals surface area contributed by atoms with Crippen molar-refractivity contribution in [3.8, 4) is 0 Å². The molecule has 0 radical (unpaired) electrons. The Morgan fingerprint density at radius 1 is 1.00 bits per heavy atom. The van der Waals surface area contributed by atoms with Crippen molar-refractivity contribution < 1.29 is 9.59 Å². The third-order valence-corrected chi connectivity index (χ3v) is 4.52. The molecule has 21 heavy (non-hydrogen) atoms. The molecule has 1 fully saturated rings. The van der Waals surface area contributed by atoms with Crippen LogP contribution >= 0.6 is 11.3 Å². The molecule has 3 rings (SSSR count). The van der Waals surface area contributed by atoms with Crippen LogP contribution in [0.15, 0.2) is 41.8 Å². The van der Waals surface area contributed by atoms with Gasteiger partial charge in [0, 0.05) is 5.92 Å². The van der Waals surface area contributed by atoms with Crippen LogP contribution in [-0.2, 0) is 4.79 Å². The van der Waals surface area contributed by atoms with Gasteiger partial charge in [0.2, 0.25) is 5.91 Å². The zero-order valence-corrected chi connectivity index (χ0v) is 12.3. The number of nitrogens with one attached hydrogen (secondary N) is 2. The van der Waals surface area contributed by atoms with Gasteiger partial charge in [0.1, 0.15) is 0 Å². The number of hydrogen-bond acceptors (Lipinski definition) is 3. The van der Waals surface area contributed by atoms with Crippen molar-refractivity contribution in [2.24, 2.45) is 5.92 Å². The molecule has 5 heteroatoms. The van der Waals surface area contributed by atoms with Gasteiger partial charge >= 0.3 is 0 Å². The maximum absolute atomic E-state index is 12.1. The summed E-state index contributed by atoms with van der Waals surface area (Å²) in [6.07, 6.45) is 3.03. The molecule has 0 atom stereocenters. The Morgan fingerprint density at radius 3 is 2.29 bits per heavy atom. The summed E-state index contributed by atoms with van der Waals surface area (Å²) in [7, 11) is 0. The Bertz CT molecular complexity index is 648. The zero-order chi connectivity index (χ0) is 14.7. The van der Waals surface area contributed by atoms with E-state index in [2.05, 4.69) is 10.6 Å². The molecule has 1 heterocycles. The highest BCUT2D eigenvalue weighted by molar-refractivity contribution is 7.12. The number of para-hydroxylation sites is 2. The Labute approximate surface area is 127 Å². The van der Waals surface area contributed by atoms with Crippen molar-refractivity contribution in [3.05, 3.63) is 46.7 Å². The summed E-state index contributed by atoms with van der Waals surface area (Å²) < 4.78 is 0. The molecule has 2 aromatic rings. The standard InChI is InChI=1S/C16H16N2O2S/c19-15(11-5-3-6-11)17-12-7-1-2-8-13(12)18-16(20)14-9-4-10-21-14/h1-2,4,7-11H,3,5-6H2,(H,17,19)(H,18,20). The van der Waals surface area contributed by atoms with Crippen molar-refractivity contribution in [2.45, 2.75) is 19.3 Å². The van der Waals surface area contributed by atoms with Gasteiger partial charge in [0.05, 0.1) is 16.3 Å². The van der Waals surface area contributed by atoms with Gasteiger partial charge in [-0.05, 0) is 36.4 Å². The predicted octanol–water partition coefficient (Wildman–Crippen LogP) is 3.74. The van der Waals surface area contributed by atoms with E-state index in [0.29, 0.717) is 16.3 Å². The first-order valence-corrected chi connectivity index (χ1v) is 7.87. The number of amides is 2. The molecule has 0 aliphatic heterocycles. The molecule has 4 nitrogen and oxygen atoms in total. The molecule has 2 N–H and O–H groups in total. The van der Waals surface area contributed by atoms with Crippen LogP contribution in [0, 0.1) is 5.92 Å². The highest BCUT2D eigenvalue weighted by Gasteiger charge is 2.25. The quantitative estimate of drug-likeness (QED) is 0.903. The van der Waals surface area contributed by atoms with E-state index in [1.807, 2.05) is 23.6 Å². The fraction of sp³-hybridized carbons (Fsp3) is 0.250. The van der Waals surface area contributed by atoms with Crippen LogP contribution in [0.25, 0.3) is 0 Å². The molecule has 0 spiro atoms. The summed E-state index contributed by atoms with van der Waals surface area (Å²) in [5, 5.41) is 7.62. The third-order valence-electron chi connectivity index (χ3n) is 3.65. The minimum atomic E-state index is -0.157. The second-order valence-electron chi connectivity index (χ2n) is 5.09. The van der Waals surface area contributed by atoms with Crippen LogP contribution in [0.1, 0.15) is 28.9 Å². The van der Waals surface area contributed by atoms with Gasteiger partial charge in [-0.2, -0.15) is 0 Å². The van der Waals surface area contributed by atoms with Crippen molar-refractivity contribution in [3.63, 3.8) is 0 Å². The number of hydrogen-bond donors (Lipinski definition) is 2. The largest absolute Gasteiger partial charge is 0.324 e. The van der Waals surface area contributed by atoms with E-state index in [0.717, 1.165) is 19.3 Å². The molecular weight excluding hydrogens is 284 g/mol. The maximum atomic E-state index is 12.1. The topological polar surface area (TPSA) is 58.2 Å². The predicted molar refractivity (Wildman–Crippen MR) is 84.7 cm³/mol. The minimum absolute atomic E-state index is 0.0408. The van der Waals surface area contributed by atoms with Gasteiger partial charge in [-0.1, -0.05) is 24.6 Å². The van der Waals surface area contributed by atoms with Gasteiger partial charge in [-0.15, -0.1) is 11.3 Å². The molecule has 0 saturated heterocycles. The highest BCUT2D eigenvalue weighted by Crippen LogP contribution is 2.29. The lowest BCUT2D eigenvalue weighted by Crippen LogP contribution is -2.28. The van der Waals surface area contributed by atoms with E-state index in [-0.39, 0.29) is 17.7 Å². The molecule has 1 aliphatic rings. The Kier molecular flexibility index (Phi) is 4.01. The fourth-order valence-electron chi connectivity index (χ4n) is 2.20. The molecule has 1 saturated carbocycles. The number of thiophene rings is 1. The first-order chi connectivity index (χ1) is 10.2. The number of anilines is 2. The fourth-order valence-corrected chi connectivity index (χ4v) is 2.82. The van der Waals surface area contributed by atoms with Crippen LogP contribution in [0.2, 0.25) is 0 Å². The number of carbonyl (C=O) groups excluding carboxylic acids is 2. The van der Waals surface area contributed by atoms with Gasteiger partial charge in [-0.25, -0.2) is 0 Å². The Balaban J connectivity index is 1.73. The van der Waals surface area contributed by atoms with Crippen LogP contribution in [-0.4, -0.2) is 11.8 Å². The smallest absolute Gasteiger partial charge is 0.265 e. The molecule has 0 bridgehead atoms. The number of benzene rings is 1. The van der Waals surface area contributed by atoms with E-state index in [1.54, 1.807) is 18.2 Å². The first kappa shape index (κ1) is 13.8. The van der Waals surface area contributed by atoms with Crippen LogP contribution in [0.3, 0.4) is 0 Å². The SMILES string of the molecule is O=C(Nc1ccccc1NC(=O)C1CCC1)c1cccs1. The lowest BCUT2D eigenvalue weighted by Gasteiger charge is -2.24. The van der Waals surface area contributed by atoms with E-state index in [9.17, 15) is 9.59 Å².